The minimum atomic E-state index is -0.687. The van der Waals surface area contributed by atoms with Crippen molar-refractivity contribution in [3.63, 3.8) is 0 Å². The van der Waals surface area contributed by atoms with Gasteiger partial charge in [0.05, 0.1) is 22.3 Å². The number of rotatable bonds is 14. The number of phenols is 2. The molecule has 0 heterocycles. The third-order valence-corrected chi connectivity index (χ3v) is 16.3. The van der Waals surface area contributed by atoms with Crippen LogP contribution in [-0.4, -0.2) is 34.4 Å². The number of ether oxygens (including phenoxy) is 2. The van der Waals surface area contributed by atoms with Crippen molar-refractivity contribution in [1.82, 2.24) is 0 Å². The van der Waals surface area contributed by atoms with Gasteiger partial charge in [-0.15, -0.1) is 0 Å². The fourth-order valence-electron chi connectivity index (χ4n) is 12.9. The van der Waals surface area contributed by atoms with Crippen LogP contribution in [-0.2, 0) is 9.47 Å². The average Bonchev–Trinajstić information content (AvgIpc) is 3.52. The van der Waals surface area contributed by atoms with Crippen LogP contribution < -0.4 is 0 Å². The first-order chi connectivity index (χ1) is 27.8. The molecule has 0 saturated heterocycles. The number of allylic oxidation sites excluding steroid dienone is 1. The van der Waals surface area contributed by atoms with Crippen LogP contribution >= 0.6 is 23.2 Å². The topological polar surface area (TPSA) is 93.1 Å². The lowest BCUT2D eigenvalue weighted by Crippen LogP contribution is -2.53. The van der Waals surface area contributed by atoms with Gasteiger partial charge in [0.25, 0.3) is 0 Å². The van der Waals surface area contributed by atoms with Crippen LogP contribution in [0.4, 0.5) is 0 Å². The van der Waals surface area contributed by atoms with Crippen molar-refractivity contribution in [1.29, 1.82) is 0 Å². The van der Waals surface area contributed by atoms with E-state index in [4.69, 9.17) is 32.7 Å². The van der Waals surface area contributed by atoms with E-state index in [9.17, 15) is 19.8 Å². The Balaban J connectivity index is 1.20. The van der Waals surface area contributed by atoms with Gasteiger partial charge in [0.1, 0.15) is 22.6 Å². The zero-order valence-electron chi connectivity index (χ0n) is 37.3. The second-order valence-corrected chi connectivity index (χ2v) is 21.5. The number of halogens is 2. The summed E-state index contributed by atoms with van der Waals surface area (Å²) in [5.74, 6) is 4.39. The number of benzene rings is 2. The number of esters is 2. The van der Waals surface area contributed by atoms with Crippen molar-refractivity contribution in [2.45, 2.75) is 164 Å². The van der Waals surface area contributed by atoms with Crippen molar-refractivity contribution in [2.24, 2.45) is 58.2 Å². The summed E-state index contributed by atoms with van der Waals surface area (Å²) in [6.07, 6.45) is 19.4. The molecule has 9 atom stereocenters. The van der Waals surface area contributed by atoms with Crippen LogP contribution in [0.25, 0.3) is 5.57 Å². The molecule has 4 aliphatic rings. The summed E-state index contributed by atoms with van der Waals surface area (Å²) in [5.41, 5.74) is 2.63. The summed E-state index contributed by atoms with van der Waals surface area (Å²) in [4.78, 5) is 26.2. The Kier molecular flexibility index (Phi) is 14.5. The molecule has 326 valence electrons. The minimum Gasteiger partial charge on any atom is -0.505 e. The molecule has 2 N–H and O–H groups in total. The van der Waals surface area contributed by atoms with Crippen LogP contribution in [0.3, 0.4) is 0 Å². The maximum absolute atomic E-state index is 13.1. The molecule has 0 aliphatic heterocycles. The summed E-state index contributed by atoms with van der Waals surface area (Å²) in [6.45, 7) is 19.6. The summed E-state index contributed by atoms with van der Waals surface area (Å²) in [6, 6.07) is 6.37. The van der Waals surface area contributed by atoms with E-state index in [1.165, 1.54) is 77.0 Å². The molecule has 0 radical (unpaired) electrons. The largest absolute Gasteiger partial charge is 0.505 e. The maximum Gasteiger partial charge on any atom is 0.342 e. The second kappa shape index (κ2) is 18.7. The van der Waals surface area contributed by atoms with E-state index in [-0.39, 0.29) is 32.7 Å². The van der Waals surface area contributed by atoms with Gasteiger partial charge in [0, 0.05) is 0 Å². The predicted octanol–water partition coefficient (Wildman–Crippen LogP) is 14.5. The molecular weight excluding hydrogens is 779 g/mol. The highest BCUT2D eigenvalue weighted by Gasteiger charge is 2.60. The van der Waals surface area contributed by atoms with E-state index in [0.29, 0.717) is 33.4 Å². The smallest absolute Gasteiger partial charge is 0.342 e. The third-order valence-electron chi connectivity index (χ3n) is 15.8. The Morgan fingerprint density at radius 1 is 0.746 bits per heavy atom. The Morgan fingerprint density at radius 3 is 1.86 bits per heavy atom. The number of hydrogen-bond acceptors (Lipinski definition) is 6. The van der Waals surface area contributed by atoms with Gasteiger partial charge in [-0.3, -0.25) is 0 Å². The number of carbonyl (C=O) groups excluding carboxylic acids is 2. The highest BCUT2D eigenvalue weighted by atomic mass is 35.5. The van der Waals surface area contributed by atoms with E-state index >= 15 is 0 Å². The summed E-state index contributed by atoms with van der Waals surface area (Å²) >= 11 is 13.1. The SMILES string of the molecule is CC(C)CCCC(C)C1CCC2C3CCC4CC(CCC=C(c5cc(Cl)c(O)c(C(=O)OC(C)C)c5)c5cc(Cl)c(O)c(C(=O)OC(C)C)c5)CCC4(C)C3CCC12C. The number of phenolic OH excluding ortho intramolecular Hbond substituents is 2. The molecule has 0 spiro atoms. The maximum atomic E-state index is 13.1. The third kappa shape index (κ3) is 9.69. The molecule has 59 heavy (non-hydrogen) atoms. The molecule has 4 saturated carbocycles. The standard InChI is InChI=1S/C51H72Cl2O6/c1-29(2)12-10-13-32(7)41-18-19-42-38-17-16-36-24-33(20-22-50(36,8)43(38)21-23-51(41,42)9)14-11-15-37(34-25-39(46(54)44(52)27-34)48(56)58-30(3)4)35-26-40(47(55)45(53)28-35)49(57)59-31(5)6/h15,25-33,36,38,41-43,54-55H,10-14,16-24H2,1-9H3. The van der Waals surface area contributed by atoms with Crippen LogP contribution in [0, 0.1) is 58.2 Å². The first-order valence-corrected chi connectivity index (χ1v) is 23.8. The summed E-state index contributed by atoms with van der Waals surface area (Å²) in [7, 11) is 0. The quantitative estimate of drug-likeness (QED) is 0.184. The van der Waals surface area contributed by atoms with Gasteiger partial charge in [-0.2, -0.15) is 0 Å². The zero-order valence-corrected chi connectivity index (χ0v) is 38.9. The normalized spacial score (nSPS) is 29.5. The minimum absolute atomic E-state index is 0.00268. The number of carbonyl (C=O) groups is 2. The molecule has 2 aromatic carbocycles. The van der Waals surface area contributed by atoms with Crippen LogP contribution in [0.15, 0.2) is 30.3 Å². The molecule has 0 bridgehead atoms. The first kappa shape index (κ1) is 45.8. The summed E-state index contributed by atoms with van der Waals surface area (Å²) in [5, 5.41) is 21.7. The van der Waals surface area contributed by atoms with Gasteiger partial charge in [-0.25, -0.2) is 9.59 Å². The Hall–Kier alpha value is -2.70. The second-order valence-electron chi connectivity index (χ2n) is 20.6. The highest BCUT2D eigenvalue weighted by Crippen LogP contribution is 2.69. The average molecular weight is 852 g/mol. The Bertz CT molecular complexity index is 1790. The predicted molar refractivity (Wildman–Crippen MR) is 240 cm³/mol. The molecule has 0 aromatic heterocycles. The van der Waals surface area contributed by atoms with Crippen LogP contribution in [0.2, 0.25) is 10.0 Å². The molecule has 9 unspecified atom stereocenters. The van der Waals surface area contributed by atoms with Gasteiger partial charge >= 0.3 is 11.9 Å². The van der Waals surface area contributed by atoms with Crippen molar-refractivity contribution in [2.75, 3.05) is 0 Å². The van der Waals surface area contributed by atoms with Crippen molar-refractivity contribution in [3.05, 3.63) is 62.6 Å². The molecule has 0 amide bonds. The lowest BCUT2D eigenvalue weighted by Gasteiger charge is -2.61. The molecule has 4 aliphatic carbocycles. The molecule has 4 fully saturated rings. The molecule has 8 heteroatoms. The van der Waals surface area contributed by atoms with Crippen molar-refractivity contribution < 1.29 is 29.3 Å². The van der Waals surface area contributed by atoms with Gasteiger partial charge in [0.15, 0.2) is 0 Å². The molecule has 2 aromatic rings. The fraction of sp³-hybridized carbons (Fsp3) is 0.686. The molecule has 6 rings (SSSR count). The van der Waals surface area contributed by atoms with Gasteiger partial charge < -0.3 is 19.7 Å². The Labute approximate surface area is 365 Å². The fourth-order valence-corrected chi connectivity index (χ4v) is 13.3. The lowest BCUT2D eigenvalue weighted by molar-refractivity contribution is -0.121. The van der Waals surface area contributed by atoms with Crippen molar-refractivity contribution >= 4 is 40.7 Å². The zero-order chi connectivity index (χ0) is 43.0. The highest BCUT2D eigenvalue weighted by molar-refractivity contribution is 6.33. The van der Waals surface area contributed by atoms with E-state index < -0.39 is 24.1 Å². The summed E-state index contributed by atoms with van der Waals surface area (Å²) < 4.78 is 10.9. The number of hydrogen-bond donors (Lipinski definition) is 2. The molecular formula is C51H72Cl2O6. The van der Waals surface area contributed by atoms with E-state index in [2.05, 4.69) is 40.7 Å². The number of aromatic hydroxyl groups is 2. The van der Waals surface area contributed by atoms with Crippen LogP contribution in [0.1, 0.15) is 184 Å². The van der Waals surface area contributed by atoms with Crippen molar-refractivity contribution in [3.8, 4) is 11.5 Å². The monoisotopic (exact) mass is 850 g/mol. The number of fused-ring (bicyclic) bond motifs is 5. The van der Waals surface area contributed by atoms with Gasteiger partial charge in [-0.05, 0) is 197 Å². The van der Waals surface area contributed by atoms with Gasteiger partial charge in [0.2, 0.25) is 0 Å². The van der Waals surface area contributed by atoms with E-state index in [1.807, 2.05) is 0 Å². The molecule has 6 nitrogen and oxygen atoms in total. The van der Waals surface area contributed by atoms with E-state index in [0.717, 1.165) is 54.3 Å². The van der Waals surface area contributed by atoms with E-state index in [1.54, 1.807) is 52.0 Å². The van der Waals surface area contributed by atoms with Crippen LogP contribution in [0.5, 0.6) is 11.5 Å². The van der Waals surface area contributed by atoms with Gasteiger partial charge in [-0.1, -0.05) is 83.2 Å². The lowest BCUT2D eigenvalue weighted by atomic mass is 9.44. The first-order valence-electron chi connectivity index (χ1n) is 23.0. The Morgan fingerprint density at radius 2 is 1.31 bits per heavy atom.